The average molecular weight is 329 g/mol. The van der Waals surface area contributed by atoms with Gasteiger partial charge in [-0.2, -0.15) is 4.37 Å². The van der Waals surface area contributed by atoms with Crippen LogP contribution in [-0.2, 0) is 4.79 Å². The van der Waals surface area contributed by atoms with Gasteiger partial charge < -0.3 is 5.32 Å². The number of hydrogen-bond donors (Lipinski definition) is 1. The molecule has 0 radical (unpaired) electrons. The number of amides is 1. The van der Waals surface area contributed by atoms with Crippen molar-refractivity contribution >= 4 is 46.7 Å². The van der Waals surface area contributed by atoms with Crippen molar-refractivity contribution in [3.05, 3.63) is 29.6 Å². The molecule has 8 heteroatoms. The van der Waals surface area contributed by atoms with Crippen LogP contribution in [0.3, 0.4) is 0 Å². The molecule has 1 aromatic carbocycles. The number of anilines is 1. The standard InChI is InChI=1S/C12H12FN3OS3/c1-7-3-4-8(13)5-9(7)14-10(17)6-19-12-15-11(18-2)16-20-12/h3-5H,6H2,1-2H3,(H,14,17). The molecule has 2 rings (SSSR count). The van der Waals surface area contributed by atoms with E-state index in [1.54, 1.807) is 6.07 Å². The lowest BCUT2D eigenvalue weighted by molar-refractivity contribution is -0.113. The largest absolute Gasteiger partial charge is 0.325 e. The van der Waals surface area contributed by atoms with Crippen LogP contribution in [0.2, 0.25) is 0 Å². The molecule has 1 heterocycles. The number of nitrogens with zero attached hydrogens (tertiary/aromatic N) is 2. The maximum absolute atomic E-state index is 13.1. The Labute approximate surface area is 128 Å². The summed E-state index contributed by atoms with van der Waals surface area (Å²) in [6, 6.07) is 4.31. The van der Waals surface area contributed by atoms with E-state index in [0.717, 1.165) is 9.90 Å². The Morgan fingerprint density at radius 2 is 2.30 bits per heavy atom. The van der Waals surface area contributed by atoms with Crippen molar-refractivity contribution in [2.75, 3.05) is 17.3 Å². The fourth-order valence-corrected chi connectivity index (χ4v) is 3.39. The van der Waals surface area contributed by atoms with Gasteiger partial charge in [-0.15, -0.1) is 0 Å². The van der Waals surface area contributed by atoms with Gasteiger partial charge >= 0.3 is 0 Å². The van der Waals surface area contributed by atoms with E-state index in [9.17, 15) is 9.18 Å². The summed E-state index contributed by atoms with van der Waals surface area (Å²) < 4.78 is 18.0. The van der Waals surface area contributed by atoms with E-state index < -0.39 is 0 Å². The lowest BCUT2D eigenvalue weighted by atomic mass is 10.2. The summed E-state index contributed by atoms with van der Waals surface area (Å²) in [5.41, 5.74) is 1.32. The van der Waals surface area contributed by atoms with E-state index in [0.29, 0.717) is 10.8 Å². The molecule has 0 aliphatic heterocycles. The number of carbonyl (C=O) groups is 1. The molecule has 0 saturated carbocycles. The van der Waals surface area contributed by atoms with Crippen molar-refractivity contribution in [3.8, 4) is 0 Å². The molecule has 0 bridgehead atoms. The van der Waals surface area contributed by atoms with Gasteiger partial charge in [0.2, 0.25) is 11.1 Å². The molecular weight excluding hydrogens is 317 g/mol. The van der Waals surface area contributed by atoms with Crippen LogP contribution in [0.15, 0.2) is 27.7 Å². The van der Waals surface area contributed by atoms with Gasteiger partial charge in [-0.25, -0.2) is 9.37 Å². The highest BCUT2D eigenvalue weighted by Crippen LogP contribution is 2.24. The number of rotatable bonds is 5. The van der Waals surface area contributed by atoms with E-state index in [4.69, 9.17) is 0 Å². The average Bonchev–Trinajstić information content (AvgIpc) is 2.89. The summed E-state index contributed by atoms with van der Waals surface area (Å²) in [7, 11) is 0. The van der Waals surface area contributed by atoms with Gasteiger partial charge in [-0.1, -0.05) is 29.6 Å². The molecule has 2 aromatic rings. The van der Waals surface area contributed by atoms with Crippen LogP contribution in [0.4, 0.5) is 10.1 Å². The molecular formula is C12H12FN3OS3. The predicted octanol–water partition coefficient (Wildman–Crippen LogP) is 3.44. The number of aromatic nitrogens is 2. The van der Waals surface area contributed by atoms with Gasteiger partial charge in [0.1, 0.15) is 5.82 Å². The number of thioether (sulfide) groups is 2. The predicted molar refractivity (Wildman–Crippen MR) is 82.2 cm³/mol. The maximum Gasteiger partial charge on any atom is 0.234 e. The van der Waals surface area contributed by atoms with Crippen molar-refractivity contribution in [3.63, 3.8) is 0 Å². The van der Waals surface area contributed by atoms with Crippen molar-refractivity contribution in [2.24, 2.45) is 0 Å². The third-order valence-corrected chi connectivity index (χ3v) is 4.87. The molecule has 0 spiro atoms. The second-order valence-corrected chi connectivity index (χ2v) is 6.59. The van der Waals surface area contributed by atoms with Crippen molar-refractivity contribution in [1.82, 2.24) is 9.36 Å². The zero-order valence-electron chi connectivity index (χ0n) is 10.8. The molecule has 1 amide bonds. The van der Waals surface area contributed by atoms with Gasteiger partial charge in [0, 0.05) is 5.69 Å². The van der Waals surface area contributed by atoms with Crippen LogP contribution in [0.25, 0.3) is 0 Å². The quantitative estimate of drug-likeness (QED) is 0.852. The highest BCUT2D eigenvalue weighted by Gasteiger charge is 2.09. The topological polar surface area (TPSA) is 54.9 Å². The molecule has 1 aromatic heterocycles. The van der Waals surface area contributed by atoms with Gasteiger partial charge in [-0.3, -0.25) is 4.79 Å². The molecule has 0 saturated heterocycles. The molecule has 4 nitrogen and oxygen atoms in total. The lowest BCUT2D eigenvalue weighted by Crippen LogP contribution is -2.14. The molecule has 1 N–H and O–H groups in total. The van der Waals surface area contributed by atoms with Crippen LogP contribution in [0, 0.1) is 12.7 Å². The molecule has 20 heavy (non-hydrogen) atoms. The monoisotopic (exact) mass is 329 g/mol. The number of hydrogen-bond acceptors (Lipinski definition) is 6. The van der Waals surface area contributed by atoms with Crippen LogP contribution in [0.5, 0.6) is 0 Å². The second-order valence-electron chi connectivity index (χ2n) is 3.84. The molecule has 0 aliphatic rings. The summed E-state index contributed by atoms with van der Waals surface area (Å²) in [5, 5.41) is 3.40. The molecule has 0 aliphatic carbocycles. The fraction of sp³-hybridized carbons (Fsp3) is 0.250. The van der Waals surface area contributed by atoms with Crippen molar-refractivity contribution in [2.45, 2.75) is 16.4 Å². The third-order valence-electron chi connectivity index (χ3n) is 2.37. The first-order valence-electron chi connectivity index (χ1n) is 5.65. The summed E-state index contributed by atoms with van der Waals surface area (Å²) in [4.78, 5) is 16.1. The van der Waals surface area contributed by atoms with Crippen LogP contribution < -0.4 is 5.32 Å². The minimum absolute atomic E-state index is 0.190. The first-order chi connectivity index (χ1) is 9.58. The Balaban J connectivity index is 1.90. The van der Waals surface area contributed by atoms with Crippen LogP contribution >= 0.6 is 35.1 Å². The Hall–Kier alpha value is -1.12. The zero-order valence-corrected chi connectivity index (χ0v) is 13.3. The minimum atomic E-state index is -0.368. The maximum atomic E-state index is 13.1. The minimum Gasteiger partial charge on any atom is -0.325 e. The number of nitrogens with one attached hydrogen (secondary N) is 1. The lowest BCUT2D eigenvalue weighted by Gasteiger charge is -2.07. The number of benzene rings is 1. The Morgan fingerprint density at radius 3 is 3.00 bits per heavy atom. The summed E-state index contributed by atoms with van der Waals surface area (Å²) in [5.74, 6) is -0.337. The fourth-order valence-electron chi connectivity index (χ4n) is 1.38. The number of halogens is 1. The highest BCUT2D eigenvalue weighted by molar-refractivity contribution is 8.01. The Kier molecular flexibility index (Phi) is 5.38. The van der Waals surface area contributed by atoms with Crippen molar-refractivity contribution < 1.29 is 9.18 Å². The van der Waals surface area contributed by atoms with Gasteiger partial charge in [0.05, 0.1) is 5.75 Å². The third kappa shape index (κ3) is 4.19. The van der Waals surface area contributed by atoms with E-state index >= 15 is 0 Å². The second kappa shape index (κ2) is 7.05. The summed E-state index contributed by atoms with van der Waals surface area (Å²) in [6.07, 6.45) is 1.90. The van der Waals surface area contributed by atoms with Gasteiger partial charge in [-0.05, 0) is 42.4 Å². The molecule has 0 unspecified atom stereocenters. The Morgan fingerprint density at radius 1 is 1.50 bits per heavy atom. The summed E-state index contributed by atoms with van der Waals surface area (Å²) >= 11 is 4.05. The first-order valence-corrected chi connectivity index (χ1v) is 8.63. The van der Waals surface area contributed by atoms with Crippen molar-refractivity contribution in [1.29, 1.82) is 0 Å². The SMILES string of the molecule is CSc1nsc(SCC(=O)Nc2cc(F)ccc2C)n1. The number of carbonyl (C=O) groups excluding carboxylic acids is 1. The highest BCUT2D eigenvalue weighted by atomic mass is 32.2. The summed E-state index contributed by atoms with van der Waals surface area (Å²) in [6.45, 7) is 1.82. The normalized spacial score (nSPS) is 10.6. The molecule has 0 atom stereocenters. The number of aryl methyl sites for hydroxylation is 1. The Bertz CT molecular complexity index is 618. The molecule has 106 valence electrons. The van der Waals surface area contributed by atoms with E-state index in [2.05, 4.69) is 14.7 Å². The smallest absolute Gasteiger partial charge is 0.234 e. The first kappa shape index (κ1) is 15.3. The zero-order chi connectivity index (χ0) is 14.5. The van der Waals surface area contributed by atoms with E-state index in [1.807, 2.05) is 13.2 Å². The van der Waals surface area contributed by atoms with Gasteiger partial charge in [0.25, 0.3) is 0 Å². The molecule has 0 fully saturated rings. The van der Waals surface area contributed by atoms with Gasteiger partial charge in [0.15, 0.2) is 4.34 Å². The van der Waals surface area contributed by atoms with Crippen LogP contribution in [0.1, 0.15) is 5.56 Å². The van der Waals surface area contributed by atoms with E-state index in [1.165, 1.54) is 47.2 Å². The van der Waals surface area contributed by atoms with E-state index in [-0.39, 0.29) is 17.5 Å². The van der Waals surface area contributed by atoms with Crippen LogP contribution in [-0.4, -0.2) is 27.3 Å².